The molecule has 1 N–H and O–H groups in total. The molecule has 4 rings (SSSR count). The van der Waals surface area contributed by atoms with Crippen molar-refractivity contribution in [1.29, 1.82) is 0 Å². The SMILES string of the molecule is Cc1cccc(NC(=O)CSCC(=O)N(c2nc3ccccc3s2)c2ccccc2C)c1. The van der Waals surface area contributed by atoms with Crippen molar-refractivity contribution in [1.82, 2.24) is 4.98 Å². The quantitative estimate of drug-likeness (QED) is 0.369. The monoisotopic (exact) mass is 461 g/mol. The van der Waals surface area contributed by atoms with Gasteiger partial charge in [-0.25, -0.2) is 4.98 Å². The molecule has 3 aromatic carbocycles. The number of hydrogen-bond donors (Lipinski definition) is 1. The first-order valence-corrected chi connectivity index (χ1v) is 12.2. The lowest BCUT2D eigenvalue weighted by atomic mass is 10.2. The summed E-state index contributed by atoms with van der Waals surface area (Å²) in [5, 5.41) is 3.52. The summed E-state index contributed by atoms with van der Waals surface area (Å²) in [6.07, 6.45) is 0. The molecule has 0 aliphatic carbocycles. The predicted molar refractivity (Wildman–Crippen MR) is 135 cm³/mol. The molecule has 0 aliphatic rings. The number of thioether (sulfide) groups is 1. The van der Waals surface area contributed by atoms with Gasteiger partial charge in [0.05, 0.1) is 27.4 Å². The summed E-state index contributed by atoms with van der Waals surface area (Å²) >= 11 is 2.78. The molecule has 1 aromatic heterocycles. The fraction of sp³-hybridized carbons (Fsp3) is 0.160. The standard InChI is InChI=1S/C25H23N3O2S2/c1-17-8-7-10-19(14-17)26-23(29)15-31-16-24(30)28(21-12-5-3-9-18(21)2)25-27-20-11-4-6-13-22(20)32-25/h3-14H,15-16H2,1-2H3,(H,26,29). The fourth-order valence-electron chi connectivity index (χ4n) is 3.33. The molecule has 0 saturated carbocycles. The highest BCUT2D eigenvalue weighted by atomic mass is 32.2. The first-order chi connectivity index (χ1) is 15.5. The lowest BCUT2D eigenvalue weighted by Crippen LogP contribution is -2.29. The van der Waals surface area contributed by atoms with Crippen molar-refractivity contribution in [2.45, 2.75) is 13.8 Å². The van der Waals surface area contributed by atoms with Crippen molar-refractivity contribution in [2.24, 2.45) is 0 Å². The van der Waals surface area contributed by atoms with Crippen LogP contribution in [0, 0.1) is 13.8 Å². The second kappa shape index (κ2) is 9.97. The molecule has 0 radical (unpaired) electrons. The summed E-state index contributed by atoms with van der Waals surface area (Å²) in [6, 6.07) is 23.3. The van der Waals surface area contributed by atoms with Gasteiger partial charge in [0, 0.05) is 5.69 Å². The van der Waals surface area contributed by atoms with Gasteiger partial charge in [0.15, 0.2) is 5.13 Å². The molecular weight excluding hydrogens is 438 g/mol. The minimum Gasteiger partial charge on any atom is -0.325 e. The topological polar surface area (TPSA) is 62.3 Å². The number of aryl methyl sites for hydroxylation is 2. The fourth-order valence-corrected chi connectivity index (χ4v) is 4.99. The third kappa shape index (κ3) is 5.18. The molecule has 32 heavy (non-hydrogen) atoms. The third-order valence-corrected chi connectivity index (χ3v) is 6.78. The predicted octanol–water partition coefficient (Wildman–Crippen LogP) is 5.95. The zero-order valence-corrected chi connectivity index (χ0v) is 19.5. The van der Waals surface area contributed by atoms with Crippen LogP contribution in [0.3, 0.4) is 0 Å². The number of nitrogens with zero attached hydrogens (tertiary/aromatic N) is 2. The number of anilines is 3. The highest BCUT2D eigenvalue weighted by Crippen LogP contribution is 2.35. The second-order valence-corrected chi connectivity index (χ2v) is 9.38. The Morgan fingerprint density at radius 1 is 0.969 bits per heavy atom. The number of para-hydroxylation sites is 2. The minimum atomic E-state index is -0.129. The third-order valence-electron chi connectivity index (χ3n) is 4.84. The molecule has 0 atom stereocenters. The Morgan fingerprint density at radius 2 is 1.75 bits per heavy atom. The van der Waals surface area contributed by atoms with Gasteiger partial charge in [0.2, 0.25) is 11.8 Å². The molecule has 0 bridgehead atoms. The van der Waals surface area contributed by atoms with Gasteiger partial charge in [-0.3, -0.25) is 14.5 Å². The molecule has 0 spiro atoms. The van der Waals surface area contributed by atoms with Gasteiger partial charge in [-0.05, 0) is 55.3 Å². The Hall–Kier alpha value is -3.16. The molecule has 7 heteroatoms. The van der Waals surface area contributed by atoms with Crippen LogP contribution in [-0.4, -0.2) is 28.3 Å². The summed E-state index contributed by atoms with van der Waals surface area (Å²) in [5.41, 5.74) is 4.50. The zero-order chi connectivity index (χ0) is 22.5. The van der Waals surface area contributed by atoms with Crippen molar-refractivity contribution in [3.05, 3.63) is 83.9 Å². The molecule has 0 aliphatic heterocycles. The van der Waals surface area contributed by atoms with E-state index in [2.05, 4.69) is 5.32 Å². The number of thiazole rings is 1. The van der Waals surface area contributed by atoms with Gasteiger partial charge in [-0.15, -0.1) is 11.8 Å². The number of carbonyl (C=O) groups is 2. The Labute approximate surface area is 195 Å². The van der Waals surface area contributed by atoms with E-state index in [0.717, 1.165) is 32.7 Å². The van der Waals surface area contributed by atoms with Crippen LogP contribution in [0.5, 0.6) is 0 Å². The Morgan fingerprint density at radius 3 is 2.53 bits per heavy atom. The van der Waals surface area contributed by atoms with Crippen molar-refractivity contribution >= 4 is 61.6 Å². The molecule has 1 heterocycles. The number of fused-ring (bicyclic) bond motifs is 1. The molecular formula is C25H23N3O2S2. The van der Waals surface area contributed by atoms with Crippen LogP contribution < -0.4 is 10.2 Å². The molecule has 0 fully saturated rings. The number of carbonyl (C=O) groups excluding carboxylic acids is 2. The number of aromatic nitrogens is 1. The molecule has 0 unspecified atom stereocenters. The van der Waals surface area contributed by atoms with Gasteiger partial charge in [0.1, 0.15) is 0 Å². The molecule has 2 amide bonds. The normalized spacial score (nSPS) is 10.8. The highest BCUT2D eigenvalue weighted by Gasteiger charge is 2.23. The number of hydrogen-bond acceptors (Lipinski definition) is 5. The average Bonchev–Trinajstić information content (AvgIpc) is 3.19. The van der Waals surface area contributed by atoms with E-state index < -0.39 is 0 Å². The van der Waals surface area contributed by atoms with E-state index in [1.165, 1.54) is 23.1 Å². The van der Waals surface area contributed by atoms with Gasteiger partial charge in [-0.2, -0.15) is 0 Å². The first kappa shape index (κ1) is 22.0. The first-order valence-electron chi connectivity index (χ1n) is 10.2. The molecule has 0 saturated heterocycles. The number of nitrogens with one attached hydrogen (secondary N) is 1. The van der Waals surface area contributed by atoms with Gasteiger partial charge in [-0.1, -0.05) is 53.8 Å². The number of amides is 2. The van der Waals surface area contributed by atoms with E-state index in [1.54, 1.807) is 4.90 Å². The Bertz CT molecular complexity index is 1240. The smallest absolute Gasteiger partial charge is 0.243 e. The second-order valence-electron chi connectivity index (χ2n) is 7.39. The summed E-state index contributed by atoms with van der Waals surface area (Å²) in [7, 11) is 0. The van der Waals surface area contributed by atoms with Crippen LogP contribution in [0.2, 0.25) is 0 Å². The minimum absolute atomic E-state index is 0.105. The van der Waals surface area contributed by atoms with E-state index in [-0.39, 0.29) is 23.3 Å². The molecule has 5 nitrogen and oxygen atoms in total. The van der Waals surface area contributed by atoms with Crippen LogP contribution in [0.25, 0.3) is 10.2 Å². The van der Waals surface area contributed by atoms with Gasteiger partial charge >= 0.3 is 0 Å². The van der Waals surface area contributed by atoms with Crippen LogP contribution in [-0.2, 0) is 9.59 Å². The van der Waals surface area contributed by atoms with E-state index >= 15 is 0 Å². The van der Waals surface area contributed by atoms with E-state index in [9.17, 15) is 9.59 Å². The van der Waals surface area contributed by atoms with Gasteiger partial charge in [0.25, 0.3) is 0 Å². The van der Waals surface area contributed by atoms with Crippen LogP contribution in [0.15, 0.2) is 72.8 Å². The lowest BCUT2D eigenvalue weighted by Gasteiger charge is -2.21. The molecule has 4 aromatic rings. The highest BCUT2D eigenvalue weighted by molar-refractivity contribution is 8.00. The summed E-state index contributed by atoms with van der Waals surface area (Å²) in [4.78, 5) is 32.0. The maximum atomic E-state index is 13.3. The van der Waals surface area contributed by atoms with Crippen molar-refractivity contribution in [2.75, 3.05) is 21.7 Å². The summed E-state index contributed by atoms with van der Waals surface area (Å²) < 4.78 is 1.03. The van der Waals surface area contributed by atoms with E-state index in [4.69, 9.17) is 4.98 Å². The largest absolute Gasteiger partial charge is 0.325 e. The average molecular weight is 462 g/mol. The zero-order valence-electron chi connectivity index (χ0n) is 17.9. The van der Waals surface area contributed by atoms with E-state index in [0.29, 0.717) is 5.13 Å². The van der Waals surface area contributed by atoms with E-state index in [1.807, 2.05) is 86.6 Å². The maximum Gasteiger partial charge on any atom is 0.243 e. The van der Waals surface area contributed by atoms with Crippen LogP contribution >= 0.6 is 23.1 Å². The van der Waals surface area contributed by atoms with Crippen molar-refractivity contribution in [3.63, 3.8) is 0 Å². The Balaban J connectivity index is 1.48. The summed E-state index contributed by atoms with van der Waals surface area (Å²) in [6.45, 7) is 3.96. The van der Waals surface area contributed by atoms with Crippen molar-refractivity contribution in [3.8, 4) is 0 Å². The van der Waals surface area contributed by atoms with Gasteiger partial charge < -0.3 is 5.32 Å². The van der Waals surface area contributed by atoms with Crippen molar-refractivity contribution < 1.29 is 9.59 Å². The number of benzene rings is 3. The van der Waals surface area contributed by atoms with Crippen LogP contribution in [0.4, 0.5) is 16.5 Å². The van der Waals surface area contributed by atoms with Crippen LogP contribution in [0.1, 0.15) is 11.1 Å². The Kier molecular flexibility index (Phi) is 6.87. The molecule has 162 valence electrons. The number of rotatable bonds is 7. The lowest BCUT2D eigenvalue weighted by molar-refractivity contribution is -0.115. The summed E-state index contributed by atoms with van der Waals surface area (Å²) in [5.74, 6) is 0.134. The maximum absolute atomic E-state index is 13.3.